The highest BCUT2D eigenvalue weighted by Crippen LogP contribution is 2.22. The lowest BCUT2D eigenvalue weighted by atomic mass is 10.1. The van der Waals surface area contributed by atoms with Crippen molar-refractivity contribution in [3.8, 4) is 11.6 Å². The first kappa shape index (κ1) is 14.3. The Morgan fingerprint density at radius 3 is 2.65 bits per heavy atom. The number of aliphatic hydroxyl groups is 1. The Balaban J connectivity index is 2.43. The Morgan fingerprint density at radius 1 is 1.30 bits per heavy atom. The molecule has 0 radical (unpaired) electrons. The molecule has 0 saturated heterocycles. The van der Waals surface area contributed by atoms with Crippen molar-refractivity contribution in [2.75, 3.05) is 0 Å². The maximum absolute atomic E-state index is 12.3. The second-order valence-electron chi connectivity index (χ2n) is 5.45. The Kier molecular flexibility index (Phi) is 3.90. The summed E-state index contributed by atoms with van der Waals surface area (Å²) in [4.78, 5) is 16.3. The highest BCUT2D eigenvalue weighted by molar-refractivity contribution is 5.35. The Labute approximate surface area is 117 Å². The van der Waals surface area contributed by atoms with E-state index in [4.69, 9.17) is 4.74 Å². The molecule has 1 aromatic heterocycles. The van der Waals surface area contributed by atoms with Gasteiger partial charge in [0.15, 0.2) is 0 Å². The summed E-state index contributed by atoms with van der Waals surface area (Å²) in [6, 6.07) is 7.01. The van der Waals surface area contributed by atoms with Gasteiger partial charge in [0.1, 0.15) is 5.75 Å². The molecule has 1 heterocycles. The summed E-state index contributed by atoms with van der Waals surface area (Å²) in [6.07, 6.45) is 3.16. The Morgan fingerprint density at radius 2 is 2.00 bits per heavy atom. The number of aliphatic hydroxyl groups excluding tert-OH is 1. The molecule has 0 amide bonds. The molecule has 2 aromatic rings. The zero-order valence-electron chi connectivity index (χ0n) is 11.8. The fraction of sp³-hybridized carbons (Fsp3) is 0.333. The summed E-state index contributed by atoms with van der Waals surface area (Å²) in [6.45, 7) is 5.63. The largest absolute Gasteiger partial charge is 0.434 e. The van der Waals surface area contributed by atoms with E-state index >= 15 is 0 Å². The number of para-hydroxylation sites is 1. The number of ether oxygens (including phenoxy) is 1. The minimum absolute atomic E-state index is 0.00308. The SMILES string of the molecule is CC(C)(C)n1ccnc(Oc2ccccc2CO)c1=O. The molecule has 0 unspecified atom stereocenters. The maximum Gasteiger partial charge on any atom is 0.314 e. The zero-order chi connectivity index (χ0) is 14.8. The lowest BCUT2D eigenvalue weighted by molar-refractivity contribution is 0.275. The summed E-state index contributed by atoms with van der Waals surface area (Å²) in [7, 11) is 0. The summed E-state index contributed by atoms with van der Waals surface area (Å²) in [5.41, 5.74) is -0.0400. The van der Waals surface area contributed by atoms with Crippen LogP contribution in [0.25, 0.3) is 0 Å². The molecule has 0 atom stereocenters. The van der Waals surface area contributed by atoms with Gasteiger partial charge in [-0.3, -0.25) is 4.79 Å². The molecule has 0 aliphatic rings. The first-order valence-corrected chi connectivity index (χ1v) is 6.38. The van der Waals surface area contributed by atoms with Gasteiger partial charge in [-0.25, -0.2) is 4.98 Å². The third-order valence-electron chi connectivity index (χ3n) is 2.88. The quantitative estimate of drug-likeness (QED) is 0.932. The van der Waals surface area contributed by atoms with Crippen molar-refractivity contribution < 1.29 is 9.84 Å². The lowest BCUT2D eigenvalue weighted by Gasteiger charge is -2.22. The molecular formula is C15H18N2O3. The van der Waals surface area contributed by atoms with Crippen molar-refractivity contribution in [3.05, 3.63) is 52.6 Å². The van der Waals surface area contributed by atoms with Gasteiger partial charge < -0.3 is 14.4 Å². The van der Waals surface area contributed by atoms with E-state index in [2.05, 4.69) is 4.98 Å². The molecular weight excluding hydrogens is 256 g/mol. The van der Waals surface area contributed by atoms with Crippen LogP contribution in [-0.2, 0) is 12.1 Å². The van der Waals surface area contributed by atoms with Gasteiger partial charge in [0.2, 0.25) is 0 Å². The minimum atomic E-state index is -0.353. The van der Waals surface area contributed by atoms with Crippen molar-refractivity contribution in [2.24, 2.45) is 0 Å². The molecule has 2 rings (SSSR count). The van der Waals surface area contributed by atoms with Gasteiger partial charge in [-0.2, -0.15) is 0 Å². The van der Waals surface area contributed by atoms with Crippen LogP contribution < -0.4 is 10.3 Å². The van der Waals surface area contributed by atoms with Crippen LogP contribution in [0.1, 0.15) is 26.3 Å². The number of hydrogen-bond donors (Lipinski definition) is 1. The lowest BCUT2D eigenvalue weighted by Crippen LogP contribution is -2.34. The predicted molar refractivity (Wildman–Crippen MR) is 75.9 cm³/mol. The molecule has 0 spiro atoms. The molecule has 1 N–H and O–H groups in total. The van der Waals surface area contributed by atoms with Gasteiger partial charge in [-0.1, -0.05) is 18.2 Å². The van der Waals surface area contributed by atoms with E-state index in [1.54, 1.807) is 35.0 Å². The van der Waals surface area contributed by atoms with Gasteiger partial charge in [0, 0.05) is 23.5 Å². The number of nitrogens with zero attached hydrogens (tertiary/aromatic N) is 2. The molecule has 0 aliphatic heterocycles. The molecule has 5 heteroatoms. The van der Waals surface area contributed by atoms with E-state index in [0.717, 1.165) is 0 Å². The Bertz CT molecular complexity index is 657. The highest BCUT2D eigenvalue weighted by Gasteiger charge is 2.18. The van der Waals surface area contributed by atoms with Crippen molar-refractivity contribution in [1.29, 1.82) is 0 Å². The first-order chi connectivity index (χ1) is 9.43. The van der Waals surface area contributed by atoms with Crippen LogP contribution >= 0.6 is 0 Å². The molecule has 0 bridgehead atoms. The first-order valence-electron chi connectivity index (χ1n) is 6.38. The van der Waals surface area contributed by atoms with E-state index in [9.17, 15) is 9.90 Å². The fourth-order valence-corrected chi connectivity index (χ4v) is 1.83. The number of aromatic nitrogens is 2. The summed E-state index contributed by atoms with van der Waals surface area (Å²) in [5, 5.41) is 9.27. The van der Waals surface area contributed by atoms with Crippen molar-refractivity contribution in [2.45, 2.75) is 32.9 Å². The van der Waals surface area contributed by atoms with Crippen LogP contribution in [0, 0.1) is 0 Å². The predicted octanol–water partition coefficient (Wildman–Crippen LogP) is 2.28. The standard InChI is InChI=1S/C15H18N2O3/c1-15(2,3)17-9-8-16-13(14(17)19)20-12-7-5-4-6-11(12)10-18/h4-9,18H,10H2,1-3H3. The maximum atomic E-state index is 12.3. The van der Waals surface area contributed by atoms with E-state index in [-0.39, 0.29) is 23.6 Å². The van der Waals surface area contributed by atoms with Gasteiger partial charge in [-0.05, 0) is 26.8 Å². The normalized spacial score (nSPS) is 11.4. The summed E-state index contributed by atoms with van der Waals surface area (Å²) >= 11 is 0. The number of benzene rings is 1. The second-order valence-corrected chi connectivity index (χ2v) is 5.45. The molecule has 0 saturated carbocycles. The second kappa shape index (κ2) is 5.46. The van der Waals surface area contributed by atoms with Crippen molar-refractivity contribution in [1.82, 2.24) is 9.55 Å². The molecule has 5 nitrogen and oxygen atoms in total. The summed E-state index contributed by atoms with van der Waals surface area (Å²) in [5.74, 6) is 0.439. The number of hydrogen-bond acceptors (Lipinski definition) is 4. The molecule has 0 fully saturated rings. The molecule has 106 valence electrons. The molecule has 1 aromatic carbocycles. The van der Waals surface area contributed by atoms with Gasteiger partial charge in [0.05, 0.1) is 6.61 Å². The van der Waals surface area contributed by atoms with E-state index in [0.29, 0.717) is 11.3 Å². The van der Waals surface area contributed by atoms with Crippen molar-refractivity contribution >= 4 is 0 Å². The third kappa shape index (κ3) is 2.88. The molecule has 20 heavy (non-hydrogen) atoms. The van der Waals surface area contributed by atoms with E-state index in [1.807, 2.05) is 20.8 Å². The number of rotatable bonds is 3. The highest BCUT2D eigenvalue weighted by atomic mass is 16.5. The van der Waals surface area contributed by atoms with E-state index < -0.39 is 0 Å². The van der Waals surface area contributed by atoms with Crippen LogP contribution in [0.2, 0.25) is 0 Å². The third-order valence-corrected chi connectivity index (χ3v) is 2.88. The van der Waals surface area contributed by atoms with E-state index in [1.165, 1.54) is 6.20 Å². The van der Waals surface area contributed by atoms with Crippen LogP contribution in [0.3, 0.4) is 0 Å². The Hall–Kier alpha value is -2.14. The minimum Gasteiger partial charge on any atom is -0.434 e. The monoisotopic (exact) mass is 274 g/mol. The fourth-order valence-electron chi connectivity index (χ4n) is 1.83. The van der Waals surface area contributed by atoms with Gasteiger partial charge in [-0.15, -0.1) is 0 Å². The smallest absolute Gasteiger partial charge is 0.314 e. The van der Waals surface area contributed by atoms with Crippen LogP contribution in [0.5, 0.6) is 11.6 Å². The average Bonchev–Trinajstić information content (AvgIpc) is 2.40. The molecule has 0 aliphatic carbocycles. The van der Waals surface area contributed by atoms with Gasteiger partial charge >= 0.3 is 5.56 Å². The van der Waals surface area contributed by atoms with Crippen LogP contribution in [0.15, 0.2) is 41.5 Å². The van der Waals surface area contributed by atoms with Crippen LogP contribution in [-0.4, -0.2) is 14.7 Å². The van der Waals surface area contributed by atoms with Crippen molar-refractivity contribution in [3.63, 3.8) is 0 Å². The summed E-state index contributed by atoms with van der Waals surface area (Å²) < 4.78 is 7.13. The van der Waals surface area contributed by atoms with Gasteiger partial charge in [0.25, 0.3) is 5.88 Å². The average molecular weight is 274 g/mol. The topological polar surface area (TPSA) is 64.3 Å². The zero-order valence-corrected chi connectivity index (χ0v) is 11.8. The van der Waals surface area contributed by atoms with Crippen LogP contribution in [0.4, 0.5) is 0 Å².